The summed E-state index contributed by atoms with van der Waals surface area (Å²) in [6.45, 7) is 7.96. The van der Waals surface area contributed by atoms with Gasteiger partial charge in [-0.1, -0.05) is 17.7 Å². The second-order valence-corrected chi connectivity index (χ2v) is 10.6. The molecule has 3 heterocycles. The summed E-state index contributed by atoms with van der Waals surface area (Å²) in [5.74, 6) is 0.328. The first kappa shape index (κ1) is 26.9. The van der Waals surface area contributed by atoms with Crippen molar-refractivity contribution in [3.05, 3.63) is 45.0 Å². The summed E-state index contributed by atoms with van der Waals surface area (Å²) in [4.78, 5) is 41.1. The number of ether oxygens (including phenoxy) is 1. The number of carbonyl (C=O) groups is 1. The number of halogens is 1. The zero-order valence-electron chi connectivity index (χ0n) is 21.7. The maximum Gasteiger partial charge on any atom is 0.410 e. The smallest absolute Gasteiger partial charge is 0.410 e. The van der Waals surface area contributed by atoms with E-state index in [0.29, 0.717) is 30.7 Å². The van der Waals surface area contributed by atoms with Crippen LogP contribution in [0.15, 0.2) is 23.0 Å². The van der Waals surface area contributed by atoms with Gasteiger partial charge in [-0.15, -0.1) is 0 Å². The molecule has 0 bridgehead atoms. The topological polar surface area (TPSA) is 178 Å². The van der Waals surface area contributed by atoms with Crippen molar-refractivity contribution >= 4 is 46.2 Å². The lowest BCUT2D eigenvalue weighted by atomic mass is 10.0. The van der Waals surface area contributed by atoms with Crippen LogP contribution in [0.2, 0.25) is 5.02 Å². The highest BCUT2D eigenvalue weighted by Gasteiger charge is 2.32. The molecule has 3 aromatic rings. The Morgan fingerprint density at radius 3 is 2.71 bits per heavy atom. The molecule has 0 unspecified atom stereocenters. The van der Waals surface area contributed by atoms with E-state index in [0.717, 1.165) is 0 Å². The van der Waals surface area contributed by atoms with Gasteiger partial charge in [0.1, 0.15) is 28.9 Å². The van der Waals surface area contributed by atoms with Crippen molar-refractivity contribution in [2.45, 2.75) is 58.2 Å². The summed E-state index contributed by atoms with van der Waals surface area (Å²) in [6, 6.07) is 6.02. The van der Waals surface area contributed by atoms with E-state index in [-0.39, 0.29) is 45.7 Å². The molecule has 1 aromatic carbocycles. The first-order valence-electron chi connectivity index (χ1n) is 12.2. The highest BCUT2D eigenvalue weighted by Crippen LogP contribution is 2.30. The predicted molar refractivity (Wildman–Crippen MR) is 145 cm³/mol. The standard InChI is InChI=1S/C25H30ClN9O3/c1-13(30-20-15(11-27)19(28)32-23(29)33-20)21-31-17-9-5-8-16(26)18(17)22(36)35(21)14-7-6-10-34(12-14)24(37)38-25(2,3)4/h5,8-9,13-14H,6-7,10,12H2,1-4H3,(H5,28,29,30,32,33)/t13-,14+/m0/s1. The summed E-state index contributed by atoms with van der Waals surface area (Å²) < 4.78 is 7.14. The average molecular weight is 540 g/mol. The Balaban J connectivity index is 1.80. The minimum atomic E-state index is -0.651. The van der Waals surface area contributed by atoms with E-state index in [1.54, 1.807) is 55.4 Å². The van der Waals surface area contributed by atoms with Gasteiger partial charge in [-0.2, -0.15) is 15.2 Å². The molecule has 2 atom stereocenters. The van der Waals surface area contributed by atoms with Gasteiger partial charge in [0.15, 0.2) is 5.82 Å². The zero-order valence-corrected chi connectivity index (χ0v) is 22.4. The van der Waals surface area contributed by atoms with Crippen LogP contribution >= 0.6 is 11.6 Å². The Morgan fingerprint density at radius 2 is 2.03 bits per heavy atom. The normalized spacial score (nSPS) is 16.6. The molecule has 1 fully saturated rings. The third kappa shape index (κ3) is 5.43. The van der Waals surface area contributed by atoms with E-state index in [1.807, 2.05) is 6.07 Å². The Hall–Kier alpha value is -4.11. The van der Waals surface area contributed by atoms with Crippen LogP contribution in [0.25, 0.3) is 10.9 Å². The molecule has 1 aliphatic rings. The molecule has 5 N–H and O–H groups in total. The third-order valence-corrected chi connectivity index (χ3v) is 6.44. The number of aromatic nitrogens is 4. The predicted octanol–water partition coefficient (Wildman–Crippen LogP) is 3.62. The van der Waals surface area contributed by atoms with E-state index in [4.69, 9.17) is 32.8 Å². The number of nitrogens with one attached hydrogen (secondary N) is 1. The van der Waals surface area contributed by atoms with Crippen molar-refractivity contribution in [3.63, 3.8) is 0 Å². The number of hydrogen-bond donors (Lipinski definition) is 3. The molecule has 0 saturated carbocycles. The third-order valence-electron chi connectivity index (χ3n) is 6.13. The Morgan fingerprint density at radius 1 is 1.29 bits per heavy atom. The van der Waals surface area contributed by atoms with Crippen molar-refractivity contribution in [2.24, 2.45) is 0 Å². The van der Waals surface area contributed by atoms with Gasteiger partial charge in [0.05, 0.1) is 28.0 Å². The number of nitrogens with two attached hydrogens (primary N) is 2. The number of nitrogens with zero attached hydrogens (tertiary/aromatic N) is 6. The van der Waals surface area contributed by atoms with Crippen molar-refractivity contribution < 1.29 is 9.53 Å². The van der Waals surface area contributed by atoms with Gasteiger partial charge >= 0.3 is 6.09 Å². The molecule has 1 aliphatic heterocycles. The highest BCUT2D eigenvalue weighted by atomic mass is 35.5. The second kappa shape index (κ2) is 10.3. The number of fused-ring (bicyclic) bond motifs is 1. The van der Waals surface area contributed by atoms with E-state index < -0.39 is 23.8 Å². The molecule has 0 aliphatic carbocycles. The largest absolute Gasteiger partial charge is 0.444 e. The SMILES string of the molecule is C[C@H](Nc1nc(N)nc(N)c1C#N)c1nc2cccc(Cl)c2c(=O)n1[C@@H]1CCCN(C(=O)OC(C)(C)C)C1. The first-order chi connectivity index (χ1) is 17.9. The Bertz CT molecular complexity index is 1490. The average Bonchev–Trinajstić information content (AvgIpc) is 2.82. The number of anilines is 3. The monoisotopic (exact) mass is 539 g/mol. The van der Waals surface area contributed by atoms with E-state index in [2.05, 4.69) is 15.3 Å². The molecule has 2 aromatic heterocycles. The molecule has 38 heavy (non-hydrogen) atoms. The van der Waals surface area contributed by atoms with Crippen molar-refractivity contribution in [1.82, 2.24) is 24.4 Å². The molecule has 12 nitrogen and oxygen atoms in total. The van der Waals surface area contributed by atoms with Crippen LogP contribution in [-0.2, 0) is 4.74 Å². The van der Waals surface area contributed by atoms with Crippen LogP contribution in [0.5, 0.6) is 0 Å². The van der Waals surface area contributed by atoms with Gasteiger partial charge in [-0.3, -0.25) is 9.36 Å². The van der Waals surface area contributed by atoms with E-state index >= 15 is 0 Å². The van der Waals surface area contributed by atoms with Crippen LogP contribution in [0.1, 0.15) is 64.0 Å². The Kier molecular flexibility index (Phi) is 7.33. The minimum absolute atomic E-state index is 0.0255. The van der Waals surface area contributed by atoms with Gasteiger partial charge in [-0.05, 0) is 52.7 Å². The molecular weight excluding hydrogens is 510 g/mol. The summed E-state index contributed by atoms with van der Waals surface area (Å²) in [5.41, 5.74) is 11.1. The summed E-state index contributed by atoms with van der Waals surface area (Å²) in [6.07, 6.45) is 0.851. The summed E-state index contributed by atoms with van der Waals surface area (Å²) in [5, 5.41) is 13.3. The second-order valence-electron chi connectivity index (χ2n) is 10.2. The quantitative estimate of drug-likeness (QED) is 0.443. The Labute approximate surface area is 224 Å². The summed E-state index contributed by atoms with van der Waals surface area (Å²) in [7, 11) is 0. The minimum Gasteiger partial charge on any atom is -0.444 e. The molecule has 1 saturated heterocycles. The van der Waals surface area contributed by atoms with Crippen LogP contribution in [0.4, 0.5) is 22.4 Å². The summed E-state index contributed by atoms with van der Waals surface area (Å²) >= 11 is 6.43. The fraction of sp³-hybridized carbons (Fsp3) is 0.440. The lowest BCUT2D eigenvalue weighted by Gasteiger charge is -2.36. The van der Waals surface area contributed by atoms with Gasteiger partial charge < -0.3 is 26.4 Å². The maximum atomic E-state index is 13.9. The van der Waals surface area contributed by atoms with Crippen molar-refractivity contribution in [3.8, 4) is 6.07 Å². The molecule has 0 spiro atoms. The van der Waals surface area contributed by atoms with Crippen molar-refractivity contribution in [2.75, 3.05) is 29.9 Å². The number of carbonyl (C=O) groups excluding carboxylic acids is 1. The molecule has 0 radical (unpaired) electrons. The molecule has 13 heteroatoms. The van der Waals surface area contributed by atoms with Crippen LogP contribution in [0, 0.1) is 11.3 Å². The number of piperidine rings is 1. The first-order valence-corrected chi connectivity index (χ1v) is 12.6. The number of rotatable bonds is 4. The fourth-order valence-corrected chi connectivity index (χ4v) is 4.77. The molecule has 4 rings (SSSR count). The number of hydrogen-bond acceptors (Lipinski definition) is 10. The van der Waals surface area contributed by atoms with Crippen LogP contribution < -0.4 is 22.3 Å². The maximum absolute atomic E-state index is 13.9. The molecule has 1 amide bonds. The number of nitrogen functional groups attached to an aromatic ring is 2. The number of nitriles is 1. The number of benzene rings is 1. The van der Waals surface area contributed by atoms with Gasteiger partial charge in [0, 0.05) is 13.1 Å². The van der Waals surface area contributed by atoms with Crippen molar-refractivity contribution in [1.29, 1.82) is 5.26 Å². The van der Waals surface area contributed by atoms with Crippen LogP contribution in [0.3, 0.4) is 0 Å². The van der Waals surface area contributed by atoms with Gasteiger partial charge in [0.25, 0.3) is 5.56 Å². The van der Waals surface area contributed by atoms with E-state index in [1.165, 1.54) is 0 Å². The number of likely N-dealkylation sites (tertiary alicyclic amines) is 1. The van der Waals surface area contributed by atoms with E-state index in [9.17, 15) is 14.9 Å². The van der Waals surface area contributed by atoms with Gasteiger partial charge in [0.2, 0.25) is 5.95 Å². The lowest BCUT2D eigenvalue weighted by Crippen LogP contribution is -2.46. The molecule has 200 valence electrons. The van der Waals surface area contributed by atoms with Gasteiger partial charge in [-0.25, -0.2) is 9.78 Å². The zero-order chi connectivity index (χ0) is 27.8. The number of amides is 1. The lowest BCUT2D eigenvalue weighted by molar-refractivity contribution is 0.0169. The highest BCUT2D eigenvalue weighted by molar-refractivity contribution is 6.35. The fourth-order valence-electron chi connectivity index (χ4n) is 4.52. The van der Waals surface area contributed by atoms with Crippen LogP contribution in [-0.4, -0.2) is 49.2 Å². The molecular formula is C25H30ClN9O3.